The molecule has 132 valence electrons. The molecule has 0 radical (unpaired) electrons. The lowest BCUT2D eigenvalue weighted by Crippen LogP contribution is -2.13. The fourth-order valence-electron chi connectivity index (χ4n) is 1.86. The number of methoxy groups -OCH3 is 1. The van der Waals surface area contributed by atoms with Crippen LogP contribution in [0.5, 0.6) is 5.75 Å². The smallest absolute Gasteiger partial charge is 0.270 e. The van der Waals surface area contributed by atoms with E-state index in [1.807, 2.05) is 0 Å². The normalized spacial score (nSPS) is 10.3. The Hall–Kier alpha value is -2.66. The highest BCUT2D eigenvalue weighted by atomic mass is 32.2. The highest BCUT2D eigenvalue weighted by molar-refractivity contribution is 8.01. The Kier molecular flexibility index (Phi) is 5.93. The maximum atomic E-state index is 12.4. The van der Waals surface area contributed by atoms with Crippen molar-refractivity contribution < 1.29 is 19.2 Å². The van der Waals surface area contributed by atoms with E-state index in [2.05, 4.69) is 10.3 Å². The quantitative estimate of drug-likeness (QED) is 0.425. The number of nitro groups is 1. The van der Waals surface area contributed by atoms with E-state index in [9.17, 15) is 19.7 Å². The molecule has 0 spiro atoms. The third-order valence-corrected chi connectivity index (χ3v) is 5.42. The largest absolute Gasteiger partial charge is 0.496 e. The lowest BCUT2D eigenvalue weighted by atomic mass is 10.1. The van der Waals surface area contributed by atoms with Gasteiger partial charge in [0.25, 0.3) is 11.6 Å². The molecule has 0 saturated heterocycles. The maximum absolute atomic E-state index is 12.4. The number of hydrogen-bond acceptors (Lipinski definition) is 8. The summed E-state index contributed by atoms with van der Waals surface area (Å²) in [7, 11) is 1.37. The van der Waals surface area contributed by atoms with Gasteiger partial charge in [0.15, 0.2) is 5.13 Å². The van der Waals surface area contributed by atoms with Gasteiger partial charge in [-0.1, -0.05) is 11.3 Å². The van der Waals surface area contributed by atoms with Crippen LogP contribution in [0.3, 0.4) is 0 Å². The summed E-state index contributed by atoms with van der Waals surface area (Å²) < 4.78 is 5.83. The molecule has 0 atom stereocenters. The van der Waals surface area contributed by atoms with Crippen LogP contribution < -0.4 is 15.8 Å². The molecule has 0 aliphatic carbocycles. The van der Waals surface area contributed by atoms with E-state index in [0.717, 1.165) is 10.3 Å². The van der Waals surface area contributed by atoms with Crippen molar-refractivity contribution in [1.82, 2.24) is 4.98 Å². The molecule has 1 heterocycles. The van der Waals surface area contributed by atoms with Crippen LogP contribution >= 0.6 is 23.1 Å². The van der Waals surface area contributed by atoms with E-state index in [0.29, 0.717) is 10.8 Å². The molecule has 0 unspecified atom stereocenters. The third-order valence-electron chi connectivity index (χ3n) is 2.96. The average Bonchev–Trinajstić information content (AvgIpc) is 2.91. The number of nitrogens with one attached hydrogen (secondary N) is 1. The number of thiazole rings is 1. The number of amides is 2. The van der Waals surface area contributed by atoms with Crippen molar-refractivity contribution in [3.05, 3.63) is 39.6 Å². The fraction of sp³-hybridized carbons (Fsp3) is 0.214. The van der Waals surface area contributed by atoms with Crippen LogP contribution in [0.1, 0.15) is 16.1 Å². The molecule has 3 N–H and O–H groups in total. The minimum Gasteiger partial charge on any atom is -0.496 e. The first-order valence-electron chi connectivity index (χ1n) is 6.84. The third kappa shape index (κ3) is 4.67. The van der Waals surface area contributed by atoms with Gasteiger partial charge in [-0.3, -0.25) is 25.0 Å². The summed E-state index contributed by atoms with van der Waals surface area (Å²) in [4.78, 5) is 37.8. The Balaban J connectivity index is 2.22. The Morgan fingerprint density at radius 1 is 1.48 bits per heavy atom. The van der Waals surface area contributed by atoms with Gasteiger partial charge in [-0.05, 0) is 13.0 Å². The van der Waals surface area contributed by atoms with Crippen LogP contribution in [-0.2, 0) is 4.79 Å². The zero-order valence-electron chi connectivity index (χ0n) is 13.3. The molecule has 0 bridgehead atoms. The minimum atomic E-state index is -0.595. The Labute approximate surface area is 150 Å². The topological polar surface area (TPSA) is 137 Å². The van der Waals surface area contributed by atoms with Gasteiger partial charge in [-0.25, -0.2) is 4.98 Å². The number of thioether (sulfide) groups is 1. The van der Waals surface area contributed by atoms with Crippen molar-refractivity contribution in [3.63, 3.8) is 0 Å². The number of carbonyl (C=O) groups is 2. The number of ether oxygens (including phenoxy) is 1. The number of non-ortho nitro benzene ring substituents is 1. The maximum Gasteiger partial charge on any atom is 0.270 e. The molecule has 2 aromatic rings. The van der Waals surface area contributed by atoms with Crippen molar-refractivity contribution in [3.8, 4) is 5.75 Å². The van der Waals surface area contributed by atoms with Crippen molar-refractivity contribution in [2.75, 3.05) is 18.2 Å². The predicted octanol–water partition coefficient (Wildman–Crippen LogP) is 2.20. The van der Waals surface area contributed by atoms with Gasteiger partial charge in [0.2, 0.25) is 5.91 Å². The van der Waals surface area contributed by atoms with Crippen LogP contribution in [0.25, 0.3) is 0 Å². The number of benzene rings is 1. The van der Waals surface area contributed by atoms with Crippen molar-refractivity contribution in [2.45, 2.75) is 11.1 Å². The van der Waals surface area contributed by atoms with Crippen molar-refractivity contribution in [2.24, 2.45) is 5.73 Å². The molecule has 0 aliphatic rings. The average molecular weight is 382 g/mol. The van der Waals surface area contributed by atoms with Crippen LogP contribution in [-0.4, -0.2) is 34.6 Å². The summed E-state index contributed by atoms with van der Waals surface area (Å²) >= 11 is 2.41. The Bertz CT molecular complexity index is 837. The number of nitro benzene ring substituents is 1. The second-order valence-corrected chi connectivity index (χ2v) is 6.99. The first kappa shape index (κ1) is 18.7. The number of nitrogens with zero attached hydrogens (tertiary/aromatic N) is 2. The van der Waals surface area contributed by atoms with E-state index in [1.165, 1.54) is 42.3 Å². The first-order chi connectivity index (χ1) is 11.8. The summed E-state index contributed by atoms with van der Waals surface area (Å²) in [6.07, 6.45) is 0. The number of aromatic nitrogens is 1. The standard InChI is InChI=1S/C14H14N4O5S2/c1-7-13(24-6-11(15)19)25-14(16-7)17-12(20)9-5-8(18(21)22)3-4-10(9)23-2/h3-5H,6H2,1-2H3,(H2,15,19)(H,16,17,20). The number of rotatable bonds is 7. The molecule has 0 fully saturated rings. The van der Waals surface area contributed by atoms with Crippen LogP contribution in [0, 0.1) is 17.0 Å². The minimum absolute atomic E-state index is 0.0240. The van der Waals surface area contributed by atoms with E-state index in [4.69, 9.17) is 10.5 Å². The predicted molar refractivity (Wildman–Crippen MR) is 94.4 cm³/mol. The lowest BCUT2D eigenvalue weighted by molar-refractivity contribution is -0.384. The molecule has 11 heteroatoms. The van der Waals surface area contributed by atoms with Gasteiger partial charge in [-0.15, -0.1) is 11.8 Å². The molecule has 1 aromatic carbocycles. The molecular weight excluding hydrogens is 368 g/mol. The van der Waals surface area contributed by atoms with Crippen molar-refractivity contribution in [1.29, 1.82) is 0 Å². The van der Waals surface area contributed by atoms with Crippen LogP contribution in [0.4, 0.5) is 10.8 Å². The molecule has 2 amide bonds. The van der Waals surface area contributed by atoms with Crippen LogP contribution in [0.15, 0.2) is 22.4 Å². The van der Waals surface area contributed by atoms with E-state index in [1.54, 1.807) is 6.92 Å². The van der Waals surface area contributed by atoms with Gasteiger partial charge < -0.3 is 10.5 Å². The zero-order valence-corrected chi connectivity index (χ0v) is 14.9. The lowest BCUT2D eigenvalue weighted by Gasteiger charge is -2.07. The number of nitrogens with two attached hydrogens (primary N) is 1. The fourth-order valence-corrected chi connectivity index (χ4v) is 3.73. The summed E-state index contributed by atoms with van der Waals surface area (Å²) in [5.74, 6) is -0.722. The SMILES string of the molecule is COc1ccc([N+](=O)[O-])cc1C(=O)Nc1nc(C)c(SCC(N)=O)s1. The highest BCUT2D eigenvalue weighted by Gasteiger charge is 2.19. The van der Waals surface area contributed by atoms with Gasteiger partial charge in [0.05, 0.1) is 33.3 Å². The molecule has 9 nitrogen and oxygen atoms in total. The summed E-state index contributed by atoms with van der Waals surface area (Å²) in [5, 5.41) is 13.8. The van der Waals surface area contributed by atoms with E-state index in [-0.39, 0.29) is 22.8 Å². The molecular formula is C14H14N4O5S2. The van der Waals surface area contributed by atoms with E-state index < -0.39 is 16.7 Å². The number of primary amides is 1. The van der Waals surface area contributed by atoms with Crippen molar-refractivity contribution >= 4 is 45.7 Å². The van der Waals surface area contributed by atoms with Gasteiger partial charge in [-0.2, -0.15) is 0 Å². The number of hydrogen-bond donors (Lipinski definition) is 2. The molecule has 2 rings (SSSR count). The number of aryl methyl sites for hydroxylation is 1. The zero-order chi connectivity index (χ0) is 18.6. The first-order valence-corrected chi connectivity index (χ1v) is 8.64. The summed E-state index contributed by atoms with van der Waals surface area (Å²) in [6, 6.07) is 3.74. The Morgan fingerprint density at radius 2 is 2.20 bits per heavy atom. The molecule has 0 saturated carbocycles. The Morgan fingerprint density at radius 3 is 2.80 bits per heavy atom. The monoisotopic (exact) mass is 382 g/mol. The number of anilines is 1. The van der Waals surface area contributed by atoms with Gasteiger partial charge >= 0.3 is 0 Å². The van der Waals surface area contributed by atoms with Crippen LogP contribution in [0.2, 0.25) is 0 Å². The summed E-state index contributed by atoms with van der Waals surface area (Å²) in [6.45, 7) is 1.74. The molecule has 0 aliphatic heterocycles. The number of carbonyl (C=O) groups excluding carboxylic acids is 2. The summed E-state index contributed by atoms with van der Waals surface area (Å²) in [5.41, 5.74) is 5.56. The highest BCUT2D eigenvalue weighted by Crippen LogP contribution is 2.32. The molecule has 1 aromatic heterocycles. The second kappa shape index (κ2) is 7.94. The van der Waals surface area contributed by atoms with Gasteiger partial charge in [0.1, 0.15) is 5.75 Å². The molecule has 25 heavy (non-hydrogen) atoms. The second-order valence-electron chi connectivity index (χ2n) is 4.74. The van der Waals surface area contributed by atoms with Gasteiger partial charge in [0, 0.05) is 12.1 Å². The van der Waals surface area contributed by atoms with E-state index >= 15 is 0 Å².